The van der Waals surface area contributed by atoms with Gasteiger partial charge < -0.3 is 24.6 Å². The molecule has 0 heterocycles. The quantitative estimate of drug-likeness (QED) is 0.0241. The van der Waals surface area contributed by atoms with Gasteiger partial charge in [-0.25, -0.2) is 4.57 Å². The van der Waals surface area contributed by atoms with Crippen molar-refractivity contribution < 1.29 is 47.8 Å². The Bertz CT molecular complexity index is 883. The van der Waals surface area contributed by atoms with Crippen LogP contribution in [0.5, 0.6) is 0 Å². The Morgan fingerprint density at radius 3 is 1.61 bits per heavy atom. The maximum atomic E-state index is 12.7. The van der Waals surface area contributed by atoms with Crippen molar-refractivity contribution in [3.8, 4) is 0 Å². The van der Waals surface area contributed by atoms with Crippen molar-refractivity contribution in [1.29, 1.82) is 0 Å². The van der Waals surface area contributed by atoms with E-state index >= 15 is 0 Å². The van der Waals surface area contributed by atoms with Gasteiger partial charge in [0.25, 0.3) is 0 Å². The number of unbranched alkanes of at least 4 members (excludes halogenated alkanes) is 21. The molecule has 0 aromatic heterocycles. The van der Waals surface area contributed by atoms with E-state index in [1.54, 1.807) is 0 Å². The van der Waals surface area contributed by atoms with Crippen LogP contribution >= 0.6 is 7.82 Å². The largest absolute Gasteiger partial charge is 0.472 e. The molecule has 0 aromatic rings. The normalized spacial score (nSPS) is 14.7. The van der Waals surface area contributed by atoms with E-state index in [0.29, 0.717) is 12.8 Å². The monoisotopic (exact) mass is 749 g/mol. The van der Waals surface area contributed by atoms with Gasteiger partial charge in [-0.1, -0.05) is 155 Å². The zero-order valence-electron chi connectivity index (χ0n) is 32.7. The van der Waals surface area contributed by atoms with Gasteiger partial charge in [-0.3, -0.25) is 18.6 Å². The molecule has 0 aliphatic rings. The van der Waals surface area contributed by atoms with E-state index in [4.69, 9.17) is 23.6 Å². The lowest BCUT2D eigenvalue weighted by Gasteiger charge is -2.21. The fourth-order valence-electron chi connectivity index (χ4n) is 5.70. The highest BCUT2D eigenvalue weighted by molar-refractivity contribution is 7.47. The van der Waals surface area contributed by atoms with Gasteiger partial charge in [-0.2, -0.15) is 0 Å². The number of rotatable bonds is 38. The molecule has 0 fully saturated rings. The maximum absolute atomic E-state index is 12.7. The van der Waals surface area contributed by atoms with Crippen molar-refractivity contribution in [2.45, 2.75) is 200 Å². The summed E-state index contributed by atoms with van der Waals surface area (Å²) in [5, 5.41) is 18.3. The number of ether oxygens (including phenoxy) is 2. The fourth-order valence-corrected chi connectivity index (χ4v) is 6.49. The van der Waals surface area contributed by atoms with Crippen LogP contribution in [0, 0.1) is 5.92 Å². The molecule has 4 unspecified atom stereocenters. The Hall–Kier alpha value is -1.29. The van der Waals surface area contributed by atoms with E-state index in [2.05, 4.69) is 26.0 Å². The average molecular weight is 749 g/mol. The van der Waals surface area contributed by atoms with E-state index in [9.17, 15) is 24.2 Å². The zero-order chi connectivity index (χ0) is 37.8. The topological polar surface area (TPSA) is 149 Å². The van der Waals surface area contributed by atoms with Crippen LogP contribution in [-0.4, -0.2) is 65.7 Å². The molecular formula is C40H77O10P. The first-order chi connectivity index (χ1) is 24.6. The van der Waals surface area contributed by atoms with Crippen LogP contribution in [0.4, 0.5) is 0 Å². The van der Waals surface area contributed by atoms with Crippen molar-refractivity contribution >= 4 is 19.8 Å². The standard InChI is InChI=1S/C40H77O10P/c1-4-6-8-10-12-14-16-17-18-19-21-23-25-27-29-31-39(43)50-38(35-49-51(45,46)48-33-37(42)32-41)34-47-40(44)36(3)30-28-26-24-22-20-15-13-11-9-7-5-2/h17-18,36-38,41-42H,4-16,19-35H2,1-3H3,(H,45,46). The van der Waals surface area contributed by atoms with Crippen LogP contribution in [0.2, 0.25) is 0 Å². The van der Waals surface area contributed by atoms with Crippen molar-refractivity contribution in [2.24, 2.45) is 5.92 Å². The number of carbonyl (C=O) groups is 2. The molecule has 3 N–H and O–H groups in total. The molecule has 11 heteroatoms. The van der Waals surface area contributed by atoms with Gasteiger partial charge in [0, 0.05) is 6.42 Å². The maximum Gasteiger partial charge on any atom is 0.472 e. The highest BCUT2D eigenvalue weighted by atomic mass is 31.2. The summed E-state index contributed by atoms with van der Waals surface area (Å²) in [6, 6.07) is 0. The number of hydrogen-bond acceptors (Lipinski definition) is 9. The lowest BCUT2D eigenvalue weighted by atomic mass is 10.0. The minimum Gasteiger partial charge on any atom is -0.461 e. The first-order valence-corrected chi connectivity index (χ1v) is 22.1. The summed E-state index contributed by atoms with van der Waals surface area (Å²) in [7, 11) is -4.62. The van der Waals surface area contributed by atoms with Gasteiger partial charge >= 0.3 is 19.8 Å². The van der Waals surface area contributed by atoms with Gasteiger partial charge in [-0.05, 0) is 38.5 Å². The number of hydrogen-bond donors (Lipinski definition) is 3. The third kappa shape index (κ3) is 34.2. The van der Waals surface area contributed by atoms with Crippen molar-refractivity contribution in [3.63, 3.8) is 0 Å². The Morgan fingerprint density at radius 1 is 0.647 bits per heavy atom. The Kier molecular flexibility index (Phi) is 34.8. The van der Waals surface area contributed by atoms with Crippen molar-refractivity contribution in [1.82, 2.24) is 0 Å². The average Bonchev–Trinajstić information content (AvgIpc) is 3.12. The molecule has 0 rings (SSSR count). The molecule has 0 bridgehead atoms. The SMILES string of the molecule is CCCCCCCCC=CCCCCCCCC(=O)OC(COC(=O)C(C)CCCCCCCCCCCCC)COP(=O)(O)OCC(O)CO. The summed E-state index contributed by atoms with van der Waals surface area (Å²) < 4.78 is 32.8. The minimum atomic E-state index is -4.62. The second-order valence-electron chi connectivity index (χ2n) is 14.2. The van der Waals surface area contributed by atoms with Gasteiger partial charge in [0.2, 0.25) is 0 Å². The summed E-state index contributed by atoms with van der Waals surface area (Å²) in [5.74, 6) is -1.26. The van der Waals surface area contributed by atoms with Crippen LogP contribution in [0.1, 0.15) is 188 Å². The molecule has 302 valence electrons. The number of phosphoric ester groups is 1. The number of aliphatic hydroxyl groups excluding tert-OH is 2. The summed E-state index contributed by atoms with van der Waals surface area (Å²) in [4.78, 5) is 35.3. The highest BCUT2D eigenvalue weighted by Crippen LogP contribution is 2.43. The van der Waals surface area contributed by atoms with Crippen LogP contribution in [-0.2, 0) is 32.7 Å². The van der Waals surface area contributed by atoms with Gasteiger partial charge in [0.1, 0.15) is 12.7 Å². The lowest BCUT2D eigenvalue weighted by molar-refractivity contribution is -0.163. The first-order valence-electron chi connectivity index (χ1n) is 20.6. The molecule has 4 atom stereocenters. The third-order valence-corrected chi connectivity index (χ3v) is 10.0. The summed E-state index contributed by atoms with van der Waals surface area (Å²) in [5.41, 5.74) is 0. The molecule has 51 heavy (non-hydrogen) atoms. The lowest BCUT2D eigenvalue weighted by Crippen LogP contribution is -2.31. The number of aliphatic hydroxyl groups is 2. The highest BCUT2D eigenvalue weighted by Gasteiger charge is 2.27. The third-order valence-electron chi connectivity index (χ3n) is 9.06. The molecular weight excluding hydrogens is 671 g/mol. The van der Waals surface area contributed by atoms with Gasteiger partial charge in [-0.15, -0.1) is 0 Å². The van der Waals surface area contributed by atoms with Crippen LogP contribution in [0.25, 0.3) is 0 Å². The molecule has 0 saturated carbocycles. The Labute approximate surface area is 311 Å². The molecule has 0 aliphatic heterocycles. The minimum absolute atomic E-state index is 0.174. The van der Waals surface area contributed by atoms with Gasteiger partial charge in [0.15, 0.2) is 6.10 Å². The summed E-state index contributed by atoms with van der Waals surface area (Å²) in [6.45, 7) is 4.16. The second-order valence-corrected chi connectivity index (χ2v) is 15.7. The number of allylic oxidation sites excluding steroid dienone is 2. The number of carbonyl (C=O) groups excluding carboxylic acids is 2. The van der Waals surface area contributed by atoms with E-state index in [0.717, 1.165) is 57.8 Å². The van der Waals surface area contributed by atoms with E-state index in [-0.39, 0.29) is 18.9 Å². The fraction of sp³-hybridized carbons (Fsp3) is 0.900. The predicted octanol–water partition coefficient (Wildman–Crippen LogP) is 10.3. The number of phosphoric acid groups is 1. The predicted molar refractivity (Wildman–Crippen MR) is 205 cm³/mol. The second kappa shape index (κ2) is 35.7. The zero-order valence-corrected chi connectivity index (χ0v) is 33.6. The van der Waals surface area contributed by atoms with E-state index < -0.39 is 51.8 Å². The van der Waals surface area contributed by atoms with Crippen LogP contribution in [0.3, 0.4) is 0 Å². The molecule has 0 aliphatic carbocycles. The Morgan fingerprint density at radius 2 is 1.10 bits per heavy atom. The summed E-state index contributed by atoms with van der Waals surface area (Å²) >= 11 is 0. The molecule has 0 aromatic carbocycles. The molecule has 10 nitrogen and oxygen atoms in total. The molecule has 0 radical (unpaired) electrons. The Balaban J connectivity index is 4.46. The smallest absolute Gasteiger partial charge is 0.461 e. The van der Waals surface area contributed by atoms with Crippen LogP contribution < -0.4 is 0 Å². The van der Waals surface area contributed by atoms with Crippen molar-refractivity contribution in [3.05, 3.63) is 12.2 Å². The van der Waals surface area contributed by atoms with E-state index in [1.807, 2.05) is 6.92 Å². The van der Waals surface area contributed by atoms with Gasteiger partial charge in [0.05, 0.1) is 25.7 Å². The van der Waals surface area contributed by atoms with E-state index in [1.165, 1.54) is 89.9 Å². The summed E-state index contributed by atoms with van der Waals surface area (Å²) in [6.07, 6.45) is 31.4. The number of esters is 2. The molecule has 0 spiro atoms. The molecule has 0 amide bonds. The first kappa shape index (κ1) is 49.7. The van der Waals surface area contributed by atoms with Crippen LogP contribution in [0.15, 0.2) is 12.2 Å². The molecule has 0 saturated heterocycles. The van der Waals surface area contributed by atoms with Crippen molar-refractivity contribution in [2.75, 3.05) is 26.4 Å².